The van der Waals surface area contributed by atoms with Gasteiger partial charge in [-0.2, -0.15) is 5.06 Å². The van der Waals surface area contributed by atoms with Crippen LogP contribution in [0.1, 0.15) is 57.2 Å². The first-order chi connectivity index (χ1) is 18.2. The fourth-order valence-corrected chi connectivity index (χ4v) is 7.22. The van der Waals surface area contributed by atoms with E-state index in [0.29, 0.717) is 29.7 Å². The molecular formula is C32H42N2O4. The smallest absolute Gasteiger partial charge is 0.240 e. The van der Waals surface area contributed by atoms with E-state index in [0.717, 1.165) is 23.1 Å². The van der Waals surface area contributed by atoms with Crippen molar-refractivity contribution in [1.29, 1.82) is 0 Å². The number of aliphatic hydroxyl groups is 2. The molecule has 4 fully saturated rings. The van der Waals surface area contributed by atoms with Crippen LogP contribution in [0.25, 0.3) is 12.2 Å². The SMILES string of the molecule is C[C@@H]1[C@@H](NC(=O)[C@@H]2[C@H]([C@H](C)O)[C@H](CO)ON2Cc2cccc(/C=C/c3ccccc3)c2)C[C@@H]2C[C@H]1C2(C)C. The molecule has 8 atom stereocenters. The molecule has 6 rings (SSSR count). The monoisotopic (exact) mass is 518 g/mol. The van der Waals surface area contributed by atoms with Gasteiger partial charge in [0.25, 0.3) is 0 Å². The molecule has 3 N–H and O–H groups in total. The van der Waals surface area contributed by atoms with Gasteiger partial charge in [0.15, 0.2) is 0 Å². The molecule has 204 valence electrons. The van der Waals surface area contributed by atoms with Crippen molar-refractivity contribution in [3.63, 3.8) is 0 Å². The van der Waals surface area contributed by atoms with Crippen LogP contribution in [0.5, 0.6) is 0 Å². The van der Waals surface area contributed by atoms with Gasteiger partial charge in [0.05, 0.1) is 19.3 Å². The predicted molar refractivity (Wildman–Crippen MR) is 149 cm³/mol. The molecule has 1 aliphatic heterocycles. The largest absolute Gasteiger partial charge is 0.394 e. The Hall–Kier alpha value is -2.51. The Morgan fingerprint density at radius 3 is 2.50 bits per heavy atom. The van der Waals surface area contributed by atoms with Crippen molar-refractivity contribution in [1.82, 2.24) is 10.4 Å². The van der Waals surface area contributed by atoms with Crippen LogP contribution in [0.4, 0.5) is 0 Å². The third-order valence-electron chi connectivity index (χ3n) is 9.62. The van der Waals surface area contributed by atoms with Crippen molar-refractivity contribution >= 4 is 18.1 Å². The summed E-state index contributed by atoms with van der Waals surface area (Å²) in [5.74, 6) is 1.01. The maximum atomic E-state index is 13.8. The van der Waals surface area contributed by atoms with Gasteiger partial charge in [-0.15, -0.1) is 0 Å². The normalized spacial score (nSPS) is 33.2. The maximum Gasteiger partial charge on any atom is 0.240 e. The highest BCUT2D eigenvalue weighted by Crippen LogP contribution is 2.61. The van der Waals surface area contributed by atoms with Crippen LogP contribution in [0, 0.1) is 29.1 Å². The van der Waals surface area contributed by atoms with E-state index in [2.05, 4.69) is 56.4 Å². The maximum absolute atomic E-state index is 13.8. The first kappa shape index (κ1) is 27.1. The number of carbonyl (C=O) groups is 1. The van der Waals surface area contributed by atoms with Gasteiger partial charge in [0.2, 0.25) is 5.91 Å². The summed E-state index contributed by atoms with van der Waals surface area (Å²) in [7, 11) is 0. The Morgan fingerprint density at radius 2 is 1.84 bits per heavy atom. The summed E-state index contributed by atoms with van der Waals surface area (Å²) in [5, 5.41) is 25.7. The molecule has 6 heteroatoms. The number of hydrogen-bond acceptors (Lipinski definition) is 5. The molecule has 0 spiro atoms. The van der Waals surface area contributed by atoms with Crippen LogP contribution in [0.3, 0.4) is 0 Å². The van der Waals surface area contributed by atoms with Crippen LogP contribution >= 0.6 is 0 Å². The Kier molecular flexibility index (Phi) is 7.79. The second-order valence-electron chi connectivity index (χ2n) is 12.2. The summed E-state index contributed by atoms with van der Waals surface area (Å²) in [6, 6.07) is 17.7. The molecule has 0 aromatic heterocycles. The molecule has 2 bridgehead atoms. The summed E-state index contributed by atoms with van der Waals surface area (Å²) in [6.07, 6.45) is 4.94. The average molecular weight is 519 g/mol. The van der Waals surface area contributed by atoms with Crippen molar-refractivity contribution in [2.45, 2.75) is 71.4 Å². The highest BCUT2D eigenvalue weighted by Gasteiger charge is 2.57. The zero-order valence-corrected chi connectivity index (χ0v) is 23.0. The van der Waals surface area contributed by atoms with Gasteiger partial charge in [0.1, 0.15) is 12.1 Å². The molecule has 3 aliphatic carbocycles. The summed E-state index contributed by atoms with van der Waals surface area (Å²) < 4.78 is 0. The van der Waals surface area contributed by atoms with Crippen LogP contribution in [-0.2, 0) is 16.2 Å². The number of benzene rings is 2. The van der Waals surface area contributed by atoms with E-state index >= 15 is 0 Å². The number of carbonyl (C=O) groups excluding carboxylic acids is 1. The first-order valence-corrected chi connectivity index (χ1v) is 14.0. The van der Waals surface area contributed by atoms with Crippen LogP contribution in [0.15, 0.2) is 54.6 Å². The molecule has 1 heterocycles. The number of fused-ring (bicyclic) bond motifs is 2. The quantitative estimate of drug-likeness (QED) is 0.448. The van der Waals surface area contributed by atoms with Crippen molar-refractivity contribution < 1.29 is 19.8 Å². The van der Waals surface area contributed by atoms with E-state index in [1.165, 1.54) is 6.42 Å². The van der Waals surface area contributed by atoms with Gasteiger partial charge in [0, 0.05) is 12.0 Å². The van der Waals surface area contributed by atoms with Gasteiger partial charge in [-0.05, 0) is 59.6 Å². The number of aliphatic hydroxyl groups excluding tert-OH is 2. The van der Waals surface area contributed by atoms with Crippen molar-refractivity contribution in [2.24, 2.45) is 29.1 Å². The molecule has 2 aromatic carbocycles. The Bertz CT molecular complexity index is 1150. The lowest BCUT2D eigenvalue weighted by Gasteiger charge is -2.62. The molecular weight excluding hydrogens is 476 g/mol. The minimum Gasteiger partial charge on any atom is -0.394 e. The number of amides is 1. The number of nitrogens with zero attached hydrogens (tertiary/aromatic N) is 1. The minimum atomic E-state index is -0.802. The topological polar surface area (TPSA) is 82.0 Å². The lowest BCUT2D eigenvalue weighted by molar-refractivity contribution is -0.183. The second kappa shape index (κ2) is 10.9. The summed E-state index contributed by atoms with van der Waals surface area (Å²) >= 11 is 0. The highest BCUT2D eigenvalue weighted by molar-refractivity contribution is 5.83. The van der Waals surface area contributed by atoms with Crippen molar-refractivity contribution in [3.05, 3.63) is 71.3 Å². The lowest BCUT2D eigenvalue weighted by Crippen LogP contribution is -2.62. The van der Waals surface area contributed by atoms with E-state index in [4.69, 9.17) is 4.84 Å². The Labute approximate surface area is 226 Å². The van der Waals surface area contributed by atoms with Gasteiger partial charge in [-0.3, -0.25) is 9.63 Å². The molecule has 0 unspecified atom stereocenters. The zero-order valence-electron chi connectivity index (χ0n) is 23.0. The molecule has 0 radical (unpaired) electrons. The van der Waals surface area contributed by atoms with Gasteiger partial charge >= 0.3 is 0 Å². The van der Waals surface area contributed by atoms with Crippen LogP contribution in [-0.4, -0.2) is 52.1 Å². The van der Waals surface area contributed by atoms with E-state index in [-0.39, 0.29) is 18.6 Å². The van der Waals surface area contributed by atoms with E-state index in [1.54, 1.807) is 12.0 Å². The fourth-order valence-electron chi connectivity index (χ4n) is 7.22. The van der Waals surface area contributed by atoms with Crippen molar-refractivity contribution in [3.8, 4) is 0 Å². The van der Waals surface area contributed by atoms with E-state index in [9.17, 15) is 15.0 Å². The number of nitrogens with one attached hydrogen (secondary N) is 1. The summed E-state index contributed by atoms with van der Waals surface area (Å²) in [4.78, 5) is 19.9. The second-order valence-corrected chi connectivity index (χ2v) is 12.2. The molecule has 4 aliphatic rings. The average Bonchev–Trinajstić information content (AvgIpc) is 3.27. The third-order valence-corrected chi connectivity index (χ3v) is 9.62. The van der Waals surface area contributed by atoms with Gasteiger partial charge in [-0.1, -0.05) is 87.5 Å². The van der Waals surface area contributed by atoms with Crippen LogP contribution in [0.2, 0.25) is 0 Å². The molecule has 3 saturated carbocycles. The van der Waals surface area contributed by atoms with Gasteiger partial charge < -0.3 is 15.5 Å². The van der Waals surface area contributed by atoms with E-state index in [1.807, 2.05) is 36.4 Å². The highest BCUT2D eigenvalue weighted by atomic mass is 16.7. The molecule has 1 saturated heterocycles. The van der Waals surface area contributed by atoms with Crippen LogP contribution < -0.4 is 5.32 Å². The third kappa shape index (κ3) is 5.20. The Balaban J connectivity index is 1.33. The number of hydrogen-bond donors (Lipinski definition) is 3. The molecule has 1 amide bonds. The van der Waals surface area contributed by atoms with E-state index < -0.39 is 24.2 Å². The van der Waals surface area contributed by atoms with Crippen molar-refractivity contribution in [2.75, 3.05) is 6.61 Å². The minimum absolute atomic E-state index is 0.121. The fraction of sp³-hybridized carbons (Fsp3) is 0.531. The summed E-state index contributed by atoms with van der Waals surface area (Å²) in [6.45, 7) is 8.76. The zero-order chi connectivity index (χ0) is 27.0. The Morgan fingerprint density at radius 1 is 1.13 bits per heavy atom. The van der Waals surface area contributed by atoms with Gasteiger partial charge in [-0.25, -0.2) is 0 Å². The first-order valence-electron chi connectivity index (χ1n) is 14.0. The molecule has 2 aromatic rings. The molecule has 38 heavy (non-hydrogen) atoms. The number of rotatable bonds is 8. The summed E-state index contributed by atoms with van der Waals surface area (Å²) in [5.41, 5.74) is 3.51. The predicted octanol–water partition coefficient (Wildman–Crippen LogP) is 4.52. The number of hydroxylamine groups is 2. The lowest BCUT2D eigenvalue weighted by atomic mass is 9.45. The standard InChI is InChI=1S/C32H42N2O4/c1-20-26-16-25(32(26,3)4)17-27(20)33-31(37)30-29(21(2)36)28(19-35)38-34(30)18-24-12-8-11-23(15-24)14-13-22-9-6-5-7-10-22/h5-15,20-21,25-30,35-36H,16-19H2,1-4H3,(H,33,37)/b14-13+/t20-,21-,25-,26+,27-,28-,29+,30-/m0/s1. The molecule has 6 nitrogen and oxygen atoms in total.